The Bertz CT molecular complexity index is 304. The van der Waals surface area contributed by atoms with E-state index in [1.54, 1.807) is 13.8 Å². The van der Waals surface area contributed by atoms with Gasteiger partial charge in [-0.2, -0.15) is 0 Å². The van der Waals surface area contributed by atoms with Gasteiger partial charge in [0.05, 0.1) is 0 Å². The minimum atomic E-state index is -1.49. The van der Waals surface area contributed by atoms with E-state index in [0.29, 0.717) is 6.42 Å². The molecule has 3 rings (SSSR count). The van der Waals surface area contributed by atoms with Crippen molar-refractivity contribution in [2.75, 3.05) is 6.61 Å². The van der Waals surface area contributed by atoms with E-state index in [-0.39, 0.29) is 24.3 Å². The van der Waals surface area contributed by atoms with Crippen LogP contribution < -0.4 is 0 Å². The third kappa shape index (κ3) is 0.676. The van der Waals surface area contributed by atoms with Crippen LogP contribution in [0, 0.1) is 11.8 Å². The molecule has 0 spiro atoms. The van der Waals surface area contributed by atoms with Gasteiger partial charge in [0.25, 0.3) is 0 Å². The van der Waals surface area contributed by atoms with Crippen LogP contribution in [0.25, 0.3) is 0 Å². The minimum absolute atomic E-state index is 0.0480. The van der Waals surface area contributed by atoms with E-state index in [4.69, 9.17) is 4.74 Å². The highest BCUT2D eigenvalue weighted by atomic mass is 19.1. The van der Waals surface area contributed by atoms with Crippen molar-refractivity contribution in [3.8, 4) is 0 Å². The Kier molecular flexibility index (Phi) is 1.04. The monoisotopic (exact) mass is 185 g/mol. The predicted molar refractivity (Wildman–Crippen MR) is 42.3 cm³/mol. The summed E-state index contributed by atoms with van der Waals surface area (Å²) >= 11 is 0. The van der Waals surface area contributed by atoms with Crippen molar-refractivity contribution in [1.29, 1.82) is 0 Å². The van der Waals surface area contributed by atoms with Crippen LogP contribution in [0.4, 0.5) is 4.39 Å². The largest absolute Gasteiger partial charge is 0.351 e. The van der Waals surface area contributed by atoms with Crippen molar-refractivity contribution in [3.63, 3.8) is 0 Å². The highest BCUT2D eigenvalue weighted by Crippen LogP contribution is 2.61. The number of piperidine rings is 1. The maximum atomic E-state index is 14.3. The molecule has 72 valence electrons. The van der Waals surface area contributed by atoms with E-state index in [9.17, 15) is 9.18 Å². The van der Waals surface area contributed by atoms with Gasteiger partial charge in [-0.25, -0.2) is 4.39 Å². The number of hydrogen-bond acceptors (Lipinski definition) is 2. The molecule has 13 heavy (non-hydrogen) atoms. The van der Waals surface area contributed by atoms with Gasteiger partial charge in [0.15, 0.2) is 0 Å². The van der Waals surface area contributed by atoms with Crippen molar-refractivity contribution in [3.05, 3.63) is 0 Å². The number of amides is 1. The summed E-state index contributed by atoms with van der Waals surface area (Å²) in [4.78, 5) is 13.0. The Labute approximate surface area is 75.8 Å². The van der Waals surface area contributed by atoms with Gasteiger partial charge in [0, 0.05) is 11.8 Å². The Morgan fingerprint density at radius 2 is 2.31 bits per heavy atom. The Balaban J connectivity index is 2.07. The molecule has 3 fully saturated rings. The lowest BCUT2D eigenvalue weighted by atomic mass is 10.1. The van der Waals surface area contributed by atoms with Crippen LogP contribution >= 0.6 is 0 Å². The topological polar surface area (TPSA) is 29.5 Å². The van der Waals surface area contributed by atoms with E-state index >= 15 is 0 Å². The molecule has 4 heteroatoms. The van der Waals surface area contributed by atoms with E-state index in [0.717, 1.165) is 0 Å². The average Bonchev–Trinajstić information content (AvgIpc) is 2.71. The van der Waals surface area contributed by atoms with Gasteiger partial charge in [-0.05, 0) is 20.3 Å². The maximum Gasteiger partial charge on any atom is 0.230 e. The van der Waals surface area contributed by atoms with Crippen LogP contribution in [0.2, 0.25) is 0 Å². The molecule has 1 saturated carbocycles. The first-order chi connectivity index (χ1) is 5.97. The van der Waals surface area contributed by atoms with Crippen LogP contribution in [0.3, 0.4) is 0 Å². The van der Waals surface area contributed by atoms with Gasteiger partial charge < -0.3 is 4.74 Å². The van der Waals surface area contributed by atoms with Crippen molar-refractivity contribution < 1.29 is 13.9 Å². The van der Waals surface area contributed by atoms with Gasteiger partial charge in [-0.1, -0.05) is 0 Å². The van der Waals surface area contributed by atoms with Gasteiger partial charge in [0.2, 0.25) is 11.7 Å². The van der Waals surface area contributed by atoms with Crippen molar-refractivity contribution in [2.45, 2.75) is 31.8 Å². The summed E-state index contributed by atoms with van der Waals surface area (Å²) in [5, 5.41) is 0. The number of hydrogen-bond donors (Lipinski definition) is 0. The standard InChI is InChI=1S/C9H12FNO2/c1-8(2)11-7(12)5-3-6(5)9(11,10)4-13-8/h5-6H,3-4H2,1-2H3. The first-order valence-electron chi connectivity index (χ1n) is 4.64. The molecule has 0 radical (unpaired) electrons. The van der Waals surface area contributed by atoms with E-state index in [2.05, 4.69) is 0 Å². The zero-order valence-electron chi connectivity index (χ0n) is 7.71. The fourth-order valence-electron chi connectivity index (χ4n) is 2.70. The fourth-order valence-corrected chi connectivity index (χ4v) is 2.70. The molecule has 3 unspecified atom stereocenters. The molecular formula is C9H12FNO2. The average molecular weight is 185 g/mol. The molecule has 1 aliphatic carbocycles. The van der Waals surface area contributed by atoms with Gasteiger partial charge in [-0.15, -0.1) is 0 Å². The summed E-state index contributed by atoms with van der Waals surface area (Å²) in [6, 6.07) is 0. The number of alkyl halides is 1. The minimum Gasteiger partial charge on any atom is -0.351 e. The van der Waals surface area contributed by atoms with Crippen molar-refractivity contribution in [1.82, 2.24) is 4.90 Å². The normalized spacial score (nSPS) is 50.7. The summed E-state index contributed by atoms with van der Waals surface area (Å²) < 4.78 is 19.6. The fraction of sp³-hybridized carbons (Fsp3) is 0.889. The molecule has 0 N–H and O–H groups in total. The van der Waals surface area contributed by atoms with Crippen LogP contribution in [0.15, 0.2) is 0 Å². The Morgan fingerprint density at radius 1 is 1.62 bits per heavy atom. The molecule has 2 saturated heterocycles. The number of halogens is 1. The summed E-state index contributed by atoms with van der Waals surface area (Å²) in [6.07, 6.45) is 0.714. The van der Waals surface area contributed by atoms with Crippen LogP contribution in [-0.4, -0.2) is 28.9 Å². The molecular weight excluding hydrogens is 173 g/mol. The van der Waals surface area contributed by atoms with Gasteiger partial charge >= 0.3 is 0 Å². The molecule has 3 atom stereocenters. The molecule has 1 amide bonds. The highest BCUT2D eigenvalue weighted by Gasteiger charge is 2.74. The third-order valence-corrected chi connectivity index (χ3v) is 3.43. The number of fused-ring (bicyclic) bond motifs is 3. The molecule has 0 bridgehead atoms. The van der Waals surface area contributed by atoms with Crippen molar-refractivity contribution in [2.24, 2.45) is 11.8 Å². The summed E-state index contributed by atoms with van der Waals surface area (Å²) in [5.74, 6) is -1.70. The van der Waals surface area contributed by atoms with E-state index in [1.807, 2.05) is 0 Å². The second kappa shape index (κ2) is 1.75. The van der Waals surface area contributed by atoms with E-state index in [1.165, 1.54) is 4.90 Å². The quantitative estimate of drug-likeness (QED) is 0.525. The lowest BCUT2D eigenvalue weighted by Crippen LogP contribution is -2.50. The molecule has 0 aromatic rings. The maximum absolute atomic E-state index is 14.3. The summed E-state index contributed by atoms with van der Waals surface area (Å²) in [7, 11) is 0. The molecule has 0 aromatic heterocycles. The summed E-state index contributed by atoms with van der Waals surface area (Å²) in [5.41, 5.74) is -0.751. The SMILES string of the molecule is CC1(C)OCC2(F)C3CC3C(=O)N12. The van der Waals surface area contributed by atoms with Crippen LogP contribution in [0.5, 0.6) is 0 Å². The lowest BCUT2D eigenvalue weighted by Gasteiger charge is -2.33. The molecule has 2 heterocycles. The Hall–Kier alpha value is -0.640. The second-order valence-corrected chi connectivity index (χ2v) is 4.68. The number of carbonyl (C=O) groups excluding carboxylic acids is 1. The molecule has 0 aromatic carbocycles. The smallest absolute Gasteiger partial charge is 0.230 e. The van der Waals surface area contributed by atoms with Crippen LogP contribution in [-0.2, 0) is 9.53 Å². The number of rotatable bonds is 0. The highest BCUT2D eigenvalue weighted by molar-refractivity contribution is 5.87. The first-order valence-corrected chi connectivity index (χ1v) is 4.64. The van der Waals surface area contributed by atoms with Crippen LogP contribution in [0.1, 0.15) is 20.3 Å². The third-order valence-electron chi connectivity index (χ3n) is 3.43. The molecule has 3 nitrogen and oxygen atoms in total. The molecule has 3 aliphatic rings. The number of carbonyl (C=O) groups is 1. The number of ether oxygens (including phenoxy) is 1. The first kappa shape index (κ1) is 7.74. The zero-order valence-corrected chi connectivity index (χ0v) is 7.71. The zero-order chi connectivity index (χ0) is 9.43. The molecule has 2 aliphatic heterocycles. The summed E-state index contributed by atoms with van der Waals surface area (Å²) in [6.45, 7) is 3.54. The van der Waals surface area contributed by atoms with E-state index < -0.39 is 11.5 Å². The predicted octanol–water partition coefficient (Wildman–Crippen LogP) is 0.897. The second-order valence-electron chi connectivity index (χ2n) is 4.68. The number of nitrogens with zero attached hydrogens (tertiary/aromatic N) is 1. The van der Waals surface area contributed by atoms with Gasteiger partial charge in [-0.3, -0.25) is 9.69 Å². The Morgan fingerprint density at radius 3 is 2.92 bits per heavy atom. The lowest BCUT2D eigenvalue weighted by molar-refractivity contribution is -0.151. The van der Waals surface area contributed by atoms with Gasteiger partial charge in [0.1, 0.15) is 12.3 Å². The van der Waals surface area contributed by atoms with Crippen molar-refractivity contribution >= 4 is 5.91 Å².